The fourth-order valence-corrected chi connectivity index (χ4v) is 7.07. The van der Waals surface area contributed by atoms with Gasteiger partial charge in [0.05, 0.1) is 26.3 Å². The van der Waals surface area contributed by atoms with Crippen LogP contribution in [0.1, 0.15) is 54.4 Å². The lowest BCUT2D eigenvalue weighted by molar-refractivity contribution is -0.386. The Bertz CT molecular complexity index is 1090. The number of methoxy groups -OCH3 is 3. The second-order valence-electron chi connectivity index (χ2n) is 10.0. The molecular weight excluding hydrogens is 436 g/mol. The predicted molar refractivity (Wildman–Crippen MR) is 127 cm³/mol. The molecule has 0 aromatic heterocycles. The van der Waals surface area contributed by atoms with Gasteiger partial charge in [-0.15, -0.1) is 0 Å². The summed E-state index contributed by atoms with van der Waals surface area (Å²) < 4.78 is 15.7. The summed E-state index contributed by atoms with van der Waals surface area (Å²) in [6.07, 6.45) is 7.97. The molecule has 0 radical (unpaired) electrons. The monoisotopic (exact) mass is 466 g/mol. The number of ether oxygens (including phenoxy) is 3. The van der Waals surface area contributed by atoms with Crippen LogP contribution >= 0.6 is 0 Å². The Morgan fingerprint density at radius 3 is 1.97 bits per heavy atom. The molecule has 6 rings (SSSR count). The van der Waals surface area contributed by atoms with Gasteiger partial charge in [0.1, 0.15) is 5.56 Å². The number of rotatable bonds is 7. The van der Waals surface area contributed by atoms with Gasteiger partial charge in [-0.25, -0.2) is 0 Å². The summed E-state index contributed by atoms with van der Waals surface area (Å²) in [4.78, 5) is 24.3. The summed E-state index contributed by atoms with van der Waals surface area (Å²) in [6.45, 7) is 0. The molecule has 4 saturated carbocycles. The first-order valence-corrected chi connectivity index (χ1v) is 11.8. The molecule has 1 amide bonds. The van der Waals surface area contributed by atoms with Crippen LogP contribution in [-0.4, -0.2) is 32.2 Å². The Balaban J connectivity index is 1.41. The number of nitrogens with one attached hydrogen (secondary N) is 1. The SMILES string of the molecule is COc1cc(C(=O)Nc2ccc(C34CC5CC(CC(C5)C3)C4)cc2)c([N+](=O)[O-])c(OC)c1OC. The van der Waals surface area contributed by atoms with E-state index in [1.54, 1.807) is 0 Å². The minimum atomic E-state index is -0.647. The summed E-state index contributed by atoms with van der Waals surface area (Å²) >= 11 is 0. The number of anilines is 1. The number of nitro groups is 1. The fraction of sp³-hybridized carbons (Fsp3) is 0.500. The van der Waals surface area contributed by atoms with Gasteiger partial charge in [0.25, 0.3) is 5.91 Å². The molecule has 0 heterocycles. The maximum Gasteiger partial charge on any atom is 0.327 e. The normalized spacial score (nSPS) is 26.7. The lowest BCUT2D eigenvalue weighted by Gasteiger charge is -2.57. The van der Waals surface area contributed by atoms with Gasteiger partial charge in [-0.2, -0.15) is 0 Å². The van der Waals surface area contributed by atoms with Crippen LogP contribution in [0.25, 0.3) is 0 Å². The maximum atomic E-state index is 13.1. The van der Waals surface area contributed by atoms with Crippen molar-refractivity contribution in [1.82, 2.24) is 0 Å². The van der Waals surface area contributed by atoms with Gasteiger partial charge < -0.3 is 19.5 Å². The number of carbonyl (C=O) groups excluding carboxylic acids is 1. The maximum absolute atomic E-state index is 13.1. The van der Waals surface area contributed by atoms with E-state index in [1.807, 2.05) is 12.1 Å². The second-order valence-corrected chi connectivity index (χ2v) is 10.0. The minimum absolute atomic E-state index is 0.0631. The molecule has 0 saturated heterocycles. The van der Waals surface area contributed by atoms with E-state index in [-0.39, 0.29) is 28.2 Å². The van der Waals surface area contributed by atoms with E-state index in [4.69, 9.17) is 14.2 Å². The van der Waals surface area contributed by atoms with Gasteiger partial charge in [-0.3, -0.25) is 14.9 Å². The molecule has 4 aliphatic carbocycles. The number of nitrogens with zero attached hydrogens (tertiary/aromatic N) is 1. The van der Waals surface area contributed by atoms with Crippen LogP contribution in [0.3, 0.4) is 0 Å². The van der Waals surface area contributed by atoms with Gasteiger partial charge in [-0.1, -0.05) is 12.1 Å². The van der Waals surface area contributed by atoms with E-state index in [0.717, 1.165) is 17.8 Å². The molecular formula is C26H30N2O6. The smallest absolute Gasteiger partial charge is 0.327 e. The van der Waals surface area contributed by atoms with Crippen LogP contribution in [0.4, 0.5) is 11.4 Å². The van der Waals surface area contributed by atoms with Crippen molar-refractivity contribution in [2.45, 2.75) is 43.9 Å². The van der Waals surface area contributed by atoms with Crippen molar-refractivity contribution >= 4 is 17.3 Å². The molecule has 4 aliphatic rings. The first-order chi connectivity index (χ1) is 16.4. The summed E-state index contributed by atoms with van der Waals surface area (Å²) in [6, 6.07) is 9.34. The van der Waals surface area contributed by atoms with Crippen molar-refractivity contribution in [2.24, 2.45) is 17.8 Å². The number of benzene rings is 2. The third-order valence-electron chi connectivity index (χ3n) is 8.02. The van der Waals surface area contributed by atoms with Crippen molar-refractivity contribution in [3.63, 3.8) is 0 Å². The highest BCUT2D eigenvalue weighted by molar-refractivity contribution is 6.08. The molecule has 2 aromatic carbocycles. The Labute approximate surface area is 198 Å². The zero-order valence-corrected chi connectivity index (χ0v) is 19.8. The lowest BCUT2D eigenvalue weighted by Crippen LogP contribution is -2.48. The highest BCUT2D eigenvalue weighted by Gasteiger charge is 2.51. The molecule has 8 heteroatoms. The molecule has 0 spiro atoms. The van der Waals surface area contributed by atoms with E-state index in [2.05, 4.69) is 17.4 Å². The van der Waals surface area contributed by atoms with Gasteiger partial charge >= 0.3 is 5.69 Å². The van der Waals surface area contributed by atoms with E-state index in [0.29, 0.717) is 5.69 Å². The standard InChI is InChI=1S/C26H30N2O6/c1-32-21-11-20(22(28(30)31)24(34-3)23(21)33-2)25(29)27-19-6-4-18(5-7-19)26-12-15-8-16(13-26)10-17(9-15)14-26/h4-7,11,15-17H,8-10,12-14H2,1-3H3,(H,27,29). The number of hydrogen-bond donors (Lipinski definition) is 1. The number of carbonyl (C=O) groups is 1. The Hall–Kier alpha value is -3.29. The number of nitro benzene ring substituents is 1. The Kier molecular flexibility index (Phi) is 5.62. The van der Waals surface area contributed by atoms with Crippen LogP contribution in [0.2, 0.25) is 0 Å². The zero-order chi connectivity index (χ0) is 24.0. The molecule has 180 valence electrons. The summed E-state index contributed by atoms with van der Waals surface area (Å²) in [5, 5.41) is 14.6. The third kappa shape index (κ3) is 3.65. The molecule has 34 heavy (non-hydrogen) atoms. The molecule has 0 atom stereocenters. The first-order valence-electron chi connectivity index (χ1n) is 11.8. The molecule has 0 unspecified atom stereocenters. The van der Waals surface area contributed by atoms with Crippen molar-refractivity contribution < 1.29 is 23.9 Å². The lowest BCUT2D eigenvalue weighted by atomic mass is 9.48. The molecule has 0 aliphatic heterocycles. The number of amides is 1. The molecule has 4 bridgehead atoms. The van der Waals surface area contributed by atoms with Crippen molar-refractivity contribution in [1.29, 1.82) is 0 Å². The number of hydrogen-bond acceptors (Lipinski definition) is 6. The Morgan fingerprint density at radius 2 is 1.50 bits per heavy atom. The minimum Gasteiger partial charge on any atom is -0.493 e. The fourth-order valence-electron chi connectivity index (χ4n) is 7.07. The van der Waals surface area contributed by atoms with Crippen LogP contribution in [0.5, 0.6) is 17.2 Å². The average molecular weight is 467 g/mol. The zero-order valence-electron chi connectivity index (χ0n) is 19.8. The van der Waals surface area contributed by atoms with Gasteiger partial charge in [0.2, 0.25) is 11.5 Å². The van der Waals surface area contributed by atoms with E-state index in [1.165, 1.54) is 71.5 Å². The summed E-state index contributed by atoms with van der Waals surface area (Å²) in [7, 11) is 4.04. The van der Waals surface area contributed by atoms with Gasteiger partial charge in [0.15, 0.2) is 5.75 Å². The van der Waals surface area contributed by atoms with Crippen LogP contribution in [0.15, 0.2) is 30.3 Å². The van der Waals surface area contributed by atoms with E-state index < -0.39 is 16.5 Å². The highest BCUT2D eigenvalue weighted by Crippen LogP contribution is 2.60. The Morgan fingerprint density at radius 1 is 0.941 bits per heavy atom. The third-order valence-corrected chi connectivity index (χ3v) is 8.02. The quantitative estimate of drug-likeness (QED) is 0.437. The second kappa shape index (κ2) is 8.49. The summed E-state index contributed by atoms with van der Waals surface area (Å²) in [5.74, 6) is 2.02. The van der Waals surface area contributed by atoms with Crippen molar-refractivity contribution in [3.8, 4) is 17.2 Å². The van der Waals surface area contributed by atoms with Crippen molar-refractivity contribution in [2.75, 3.05) is 26.6 Å². The predicted octanol–water partition coefficient (Wildman–Crippen LogP) is 5.34. The van der Waals surface area contributed by atoms with E-state index in [9.17, 15) is 14.9 Å². The molecule has 8 nitrogen and oxygen atoms in total. The first kappa shape index (κ1) is 22.5. The van der Waals surface area contributed by atoms with E-state index >= 15 is 0 Å². The summed E-state index contributed by atoms with van der Waals surface area (Å²) in [5.41, 5.74) is 1.57. The highest BCUT2D eigenvalue weighted by atomic mass is 16.6. The van der Waals surface area contributed by atoms with Gasteiger partial charge in [0, 0.05) is 11.8 Å². The molecule has 1 N–H and O–H groups in total. The average Bonchev–Trinajstić information content (AvgIpc) is 2.81. The van der Waals surface area contributed by atoms with Crippen LogP contribution in [-0.2, 0) is 5.41 Å². The topological polar surface area (TPSA) is 99.9 Å². The van der Waals surface area contributed by atoms with Crippen LogP contribution < -0.4 is 19.5 Å². The molecule has 4 fully saturated rings. The molecule has 2 aromatic rings. The largest absolute Gasteiger partial charge is 0.493 e. The van der Waals surface area contributed by atoms with Crippen LogP contribution in [0, 0.1) is 27.9 Å². The van der Waals surface area contributed by atoms with Crippen molar-refractivity contribution in [3.05, 3.63) is 51.6 Å². The van der Waals surface area contributed by atoms with Gasteiger partial charge in [-0.05, 0) is 79.4 Å².